The zero-order valence-electron chi connectivity index (χ0n) is 13.4. The van der Waals surface area contributed by atoms with Gasteiger partial charge in [-0.3, -0.25) is 0 Å². The van der Waals surface area contributed by atoms with E-state index in [9.17, 15) is 0 Å². The molecule has 1 N–H and O–H groups in total. The first kappa shape index (κ1) is 14.6. The number of nitrogens with zero attached hydrogens (tertiary/aromatic N) is 5. The Balaban J connectivity index is 1.32. The molecule has 1 saturated heterocycles. The van der Waals surface area contributed by atoms with Crippen molar-refractivity contribution in [2.24, 2.45) is 0 Å². The van der Waals surface area contributed by atoms with Gasteiger partial charge in [-0.2, -0.15) is 5.10 Å². The number of hydrogen-bond acceptors (Lipinski definition) is 7. The highest BCUT2D eigenvalue weighted by atomic mass is 16.4. The average molecular weight is 314 g/mol. The van der Waals surface area contributed by atoms with Crippen LogP contribution in [0.5, 0.6) is 0 Å². The number of aryl methyl sites for hydroxylation is 1. The van der Waals surface area contributed by atoms with E-state index in [4.69, 9.17) is 4.42 Å². The lowest BCUT2D eigenvalue weighted by Gasteiger charge is -2.33. The Kier molecular flexibility index (Phi) is 3.95. The van der Waals surface area contributed by atoms with Gasteiger partial charge in [-0.25, -0.2) is 0 Å². The molecule has 2 aromatic rings. The first-order chi connectivity index (χ1) is 11.3. The SMILES string of the molecule is Cc1ccc(N2CCC[C@@H](NCc3nnc(C4CC4)o3)C2)nn1. The van der Waals surface area contributed by atoms with Crippen LogP contribution >= 0.6 is 0 Å². The molecule has 0 radical (unpaired) electrons. The van der Waals surface area contributed by atoms with E-state index in [-0.39, 0.29) is 0 Å². The first-order valence-corrected chi connectivity index (χ1v) is 8.39. The van der Waals surface area contributed by atoms with E-state index in [1.54, 1.807) is 0 Å². The number of nitrogens with one attached hydrogen (secondary N) is 1. The Hall–Kier alpha value is -2.02. The second-order valence-electron chi connectivity index (χ2n) is 6.51. The molecule has 7 nitrogen and oxygen atoms in total. The number of rotatable bonds is 5. The number of hydrogen-bond donors (Lipinski definition) is 1. The molecular formula is C16H22N6O. The third-order valence-electron chi connectivity index (χ3n) is 4.48. The highest BCUT2D eigenvalue weighted by molar-refractivity contribution is 5.38. The summed E-state index contributed by atoms with van der Waals surface area (Å²) in [6, 6.07) is 4.46. The highest BCUT2D eigenvalue weighted by Gasteiger charge is 2.29. The van der Waals surface area contributed by atoms with Gasteiger partial charge in [0.25, 0.3) is 0 Å². The van der Waals surface area contributed by atoms with Gasteiger partial charge >= 0.3 is 0 Å². The summed E-state index contributed by atoms with van der Waals surface area (Å²) in [5, 5.41) is 20.2. The van der Waals surface area contributed by atoms with Crippen molar-refractivity contribution in [3.05, 3.63) is 29.6 Å². The molecule has 0 bridgehead atoms. The van der Waals surface area contributed by atoms with Crippen LogP contribution in [0.15, 0.2) is 16.5 Å². The van der Waals surface area contributed by atoms with E-state index in [1.807, 2.05) is 19.1 Å². The van der Waals surface area contributed by atoms with Gasteiger partial charge in [-0.05, 0) is 44.7 Å². The van der Waals surface area contributed by atoms with E-state index in [1.165, 1.54) is 12.8 Å². The minimum absolute atomic E-state index is 0.406. The van der Waals surface area contributed by atoms with Crippen LogP contribution < -0.4 is 10.2 Å². The predicted molar refractivity (Wildman–Crippen MR) is 85.1 cm³/mol. The molecule has 4 rings (SSSR count). The van der Waals surface area contributed by atoms with Crippen LogP contribution in [0.1, 0.15) is 49.1 Å². The minimum atomic E-state index is 0.406. The van der Waals surface area contributed by atoms with Crippen LogP contribution in [0.4, 0.5) is 5.82 Å². The lowest BCUT2D eigenvalue weighted by atomic mass is 10.1. The maximum Gasteiger partial charge on any atom is 0.230 e. The van der Waals surface area contributed by atoms with Gasteiger partial charge in [0.15, 0.2) is 5.82 Å². The van der Waals surface area contributed by atoms with Crippen molar-refractivity contribution in [2.45, 2.75) is 51.1 Å². The second-order valence-corrected chi connectivity index (χ2v) is 6.51. The molecule has 1 atom stereocenters. The summed E-state index contributed by atoms with van der Waals surface area (Å²) < 4.78 is 5.70. The van der Waals surface area contributed by atoms with Crippen LogP contribution in [0.2, 0.25) is 0 Å². The van der Waals surface area contributed by atoms with Crippen molar-refractivity contribution in [3.8, 4) is 0 Å². The number of anilines is 1. The molecule has 1 aliphatic heterocycles. The van der Waals surface area contributed by atoms with Gasteiger partial charge < -0.3 is 14.6 Å². The normalized spacial score (nSPS) is 21.6. The van der Waals surface area contributed by atoms with Gasteiger partial charge in [0.05, 0.1) is 12.2 Å². The summed E-state index contributed by atoms with van der Waals surface area (Å²) in [5.41, 5.74) is 0.947. The van der Waals surface area contributed by atoms with Crippen molar-refractivity contribution in [3.63, 3.8) is 0 Å². The fourth-order valence-corrected chi connectivity index (χ4v) is 2.98. The monoisotopic (exact) mass is 314 g/mol. The molecule has 1 aliphatic carbocycles. The van der Waals surface area contributed by atoms with E-state index in [0.717, 1.165) is 43.3 Å². The molecule has 2 fully saturated rings. The van der Waals surface area contributed by atoms with Crippen LogP contribution in [0.25, 0.3) is 0 Å². The van der Waals surface area contributed by atoms with Crippen molar-refractivity contribution >= 4 is 5.82 Å². The van der Waals surface area contributed by atoms with Gasteiger partial charge in [0.2, 0.25) is 11.8 Å². The quantitative estimate of drug-likeness (QED) is 0.901. The highest BCUT2D eigenvalue weighted by Crippen LogP contribution is 2.38. The Morgan fingerprint density at radius 3 is 2.87 bits per heavy atom. The fraction of sp³-hybridized carbons (Fsp3) is 0.625. The predicted octanol–water partition coefficient (Wildman–Crippen LogP) is 1.80. The smallest absolute Gasteiger partial charge is 0.230 e. The van der Waals surface area contributed by atoms with Crippen LogP contribution in [-0.4, -0.2) is 39.5 Å². The van der Waals surface area contributed by atoms with Gasteiger partial charge in [0, 0.05) is 25.0 Å². The Bertz CT molecular complexity index is 651. The topological polar surface area (TPSA) is 80.0 Å². The molecule has 1 saturated carbocycles. The molecule has 0 unspecified atom stereocenters. The Labute approximate surface area is 135 Å². The first-order valence-electron chi connectivity index (χ1n) is 8.39. The standard InChI is InChI=1S/C16H22N6O/c1-11-4-7-14(19-18-11)22-8-2-3-13(10-22)17-9-15-20-21-16(23-15)12-5-6-12/h4,7,12-13,17H,2-3,5-6,8-10H2,1H3/t13-/m1/s1. The molecule has 0 amide bonds. The summed E-state index contributed by atoms with van der Waals surface area (Å²) >= 11 is 0. The van der Waals surface area contributed by atoms with Crippen molar-refractivity contribution in [1.82, 2.24) is 25.7 Å². The zero-order chi connectivity index (χ0) is 15.6. The van der Waals surface area contributed by atoms with Gasteiger partial charge in [-0.1, -0.05) is 0 Å². The lowest BCUT2D eigenvalue weighted by molar-refractivity contribution is 0.378. The van der Waals surface area contributed by atoms with Crippen molar-refractivity contribution in [2.75, 3.05) is 18.0 Å². The summed E-state index contributed by atoms with van der Waals surface area (Å²) in [4.78, 5) is 2.29. The summed E-state index contributed by atoms with van der Waals surface area (Å²) in [6.45, 7) is 4.55. The average Bonchev–Trinajstić information content (AvgIpc) is 3.33. The minimum Gasteiger partial charge on any atom is -0.424 e. The second kappa shape index (κ2) is 6.23. The number of aromatic nitrogens is 4. The zero-order valence-corrected chi connectivity index (χ0v) is 13.4. The molecule has 2 aromatic heterocycles. The Morgan fingerprint density at radius 1 is 1.17 bits per heavy atom. The van der Waals surface area contributed by atoms with Crippen molar-refractivity contribution < 1.29 is 4.42 Å². The fourth-order valence-electron chi connectivity index (χ4n) is 2.98. The van der Waals surface area contributed by atoms with Crippen LogP contribution in [0.3, 0.4) is 0 Å². The molecule has 0 spiro atoms. The Morgan fingerprint density at radius 2 is 2.09 bits per heavy atom. The number of piperidine rings is 1. The lowest BCUT2D eigenvalue weighted by Crippen LogP contribution is -2.45. The van der Waals surface area contributed by atoms with Crippen molar-refractivity contribution in [1.29, 1.82) is 0 Å². The molecule has 122 valence electrons. The molecule has 7 heteroatoms. The maximum absolute atomic E-state index is 5.70. The molecule has 3 heterocycles. The third-order valence-corrected chi connectivity index (χ3v) is 4.48. The van der Waals surface area contributed by atoms with E-state index in [2.05, 4.69) is 30.6 Å². The van der Waals surface area contributed by atoms with Gasteiger partial charge in [0.1, 0.15) is 0 Å². The van der Waals surface area contributed by atoms with E-state index in [0.29, 0.717) is 24.4 Å². The largest absolute Gasteiger partial charge is 0.424 e. The van der Waals surface area contributed by atoms with Gasteiger partial charge in [-0.15, -0.1) is 15.3 Å². The van der Waals surface area contributed by atoms with E-state index < -0.39 is 0 Å². The molecule has 2 aliphatic rings. The third kappa shape index (κ3) is 3.50. The maximum atomic E-state index is 5.70. The molecular weight excluding hydrogens is 292 g/mol. The van der Waals surface area contributed by atoms with Crippen LogP contribution in [-0.2, 0) is 6.54 Å². The van der Waals surface area contributed by atoms with Crippen LogP contribution in [0, 0.1) is 6.92 Å². The van der Waals surface area contributed by atoms with E-state index >= 15 is 0 Å². The summed E-state index contributed by atoms with van der Waals surface area (Å²) in [6.07, 6.45) is 4.66. The molecule has 0 aromatic carbocycles. The molecule has 23 heavy (non-hydrogen) atoms. The summed E-state index contributed by atoms with van der Waals surface area (Å²) in [7, 11) is 0. The summed E-state index contributed by atoms with van der Waals surface area (Å²) in [5.74, 6) is 2.97.